The molecule has 0 aromatic rings. The molecule has 0 unspecified atom stereocenters. The largest absolute Gasteiger partial charge is 0.378 e. The van der Waals surface area contributed by atoms with Crippen LogP contribution in [-0.4, -0.2) is 30.0 Å². The Kier molecular flexibility index (Phi) is 5.31. The quantitative estimate of drug-likeness (QED) is 0.783. The van der Waals surface area contributed by atoms with Gasteiger partial charge in [-0.05, 0) is 51.4 Å². The predicted molar refractivity (Wildman–Crippen MR) is 72.8 cm³/mol. The summed E-state index contributed by atoms with van der Waals surface area (Å²) >= 11 is 6.05. The Morgan fingerprint density at radius 2 is 1.94 bits per heavy atom. The fraction of sp³-hybridized carbons (Fsp3) is 0.929. The number of carbonyl (C=O) groups is 1. The van der Waals surface area contributed by atoms with Gasteiger partial charge in [-0.25, -0.2) is 0 Å². The monoisotopic (exact) mass is 273 g/mol. The molecule has 3 nitrogen and oxygen atoms in total. The number of hydrogen-bond acceptors (Lipinski definition) is 2. The maximum atomic E-state index is 11.9. The van der Waals surface area contributed by atoms with Crippen molar-refractivity contribution < 1.29 is 9.53 Å². The topological polar surface area (TPSA) is 38.3 Å². The maximum absolute atomic E-state index is 11.9. The van der Waals surface area contributed by atoms with Crippen molar-refractivity contribution in [2.75, 3.05) is 6.61 Å². The van der Waals surface area contributed by atoms with E-state index in [1.165, 1.54) is 0 Å². The van der Waals surface area contributed by atoms with Crippen molar-refractivity contribution in [1.29, 1.82) is 0 Å². The van der Waals surface area contributed by atoms with Crippen LogP contribution in [0.2, 0.25) is 0 Å². The van der Waals surface area contributed by atoms with E-state index in [0.717, 1.165) is 45.1 Å². The molecule has 0 spiro atoms. The van der Waals surface area contributed by atoms with Crippen LogP contribution in [0.1, 0.15) is 51.9 Å². The Morgan fingerprint density at radius 3 is 2.56 bits per heavy atom. The van der Waals surface area contributed by atoms with Gasteiger partial charge in [0.15, 0.2) is 0 Å². The molecule has 2 fully saturated rings. The van der Waals surface area contributed by atoms with Crippen LogP contribution in [0.5, 0.6) is 0 Å². The minimum atomic E-state index is 0.216. The summed E-state index contributed by atoms with van der Waals surface area (Å²) in [6.45, 7) is 2.80. The molecule has 104 valence electrons. The highest BCUT2D eigenvalue weighted by Crippen LogP contribution is 2.32. The Hall–Kier alpha value is -0.280. The molecule has 0 aromatic heterocycles. The number of halogens is 1. The molecule has 0 radical (unpaired) electrons. The Labute approximate surface area is 115 Å². The van der Waals surface area contributed by atoms with Gasteiger partial charge >= 0.3 is 0 Å². The van der Waals surface area contributed by atoms with E-state index in [-0.39, 0.29) is 5.91 Å². The minimum Gasteiger partial charge on any atom is -0.378 e. The van der Waals surface area contributed by atoms with Gasteiger partial charge in [0.25, 0.3) is 0 Å². The summed E-state index contributed by atoms with van der Waals surface area (Å²) in [6.07, 6.45) is 7.30. The molecule has 0 atom stereocenters. The highest BCUT2D eigenvalue weighted by atomic mass is 35.5. The zero-order valence-corrected chi connectivity index (χ0v) is 11.9. The molecule has 18 heavy (non-hydrogen) atoms. The standard InChI is InChI=1S/C14H24ClNO2/c1-2-18-13-7-10(8-13)9-14(17)16-12-5-3-11(15)4-6-12/h10-13H,2-9H2,1H3,(H,16,17). The van der Waals surface area contributed by atoms with Gasteiger partial charge in [-0.3, -0.25) is 4.79 Å². The van der Waals surface area contributed by atoms with E-state index in [2.05, 4.69) is 5.32 Å². The van der Waals surface area contributed by atoms with Crippen molar-refractivity contribution >= 4 is 17.5 Å². The summed E-state index contributed by atoms with van der Waals surface area (Å²) in [7, 11) is 0. The zero-order chi connectivity index (χ0) is 13.0. The number of ether oxygens (including phenoxy) is 1. The van der Waals surface area contributed by atoms with Gasteiger partial charge in [0.1, 0.15) is 0 Å². The van der Waals surface area contributed by atoms with Gasteiger partial charge in [-0.2, -0.15) is 0 Å². The SMILES string of the molecule is CCOC1CC(CC(=O)NC2CCC(Cl)CC2)C1. The van der Waals surface area contributed by atoms with Crippen LogP contribution in [0.3, 0.4) is 0 Å². The minimum absolute atomic E-state index is 0.216. The van der Waals surface area contributed by atoms with Gasteiger partial charge in [0.2, 0.25) is 5.91 Å². The second kappa shape index (κ2) is 6.76. The molecule has 2 rings (SSSR count). The number of hydrogen-bond donors (Lipinski definition) is 1. The normalized spacial score (nSPS) is 35.9. The zero-order valence-electron chi connectivity index (χ0n) is 11.2. The lowest BCUT2D eigenvalue weighted by Gasteiger charge is -2.35. The molecule has 0 aliphatic heterocycles. The molecule has 1 N–H and O–H groups in total. The third kappa shape index (κ3) is 4.13. The molecule has 0 heterocycles. The summed E-state index contributed by atoms with van der Waals surface area (Å²) in [4.78, 5) is 11.9. The first-order valence-corrected chi connectivity index (χ1v) is 7.66. The van der Waals surface area contributed by atoms with Crippen molar-refractivity contribution in [2.24, 2.45) is 5.92 Å². The number of nitrogens with one attached hydrogen (secondary N) is 1. The van der Waals surface area contributed by atoms with Crippen LogP contribution in [0.4, 0.5) is 0 Å². The molecule has 4 heteroatoms. The van der Waals surface area contributed by atoms with Gasteiger partial charge in [-0.1, -0.05) is 0 Å². The van der Waals surface area contributed by atoms with E-state index in [1.807, 2.05) is 6.92 Å². The first-order valence-electron chi connectivity index (χ1n) is 7.22. The van der Waals surface area contributed by atoms with Gasteiger partial charge in [0.05, 0.1) is 6.10 Å². The van der Waals surface area contributed by atoms with Crippen molar-refractivity contribution in [3.05, 3.63) is 0 Å². The fourth-order valence-electron chi connectivity index (χ4n) is 2.96. The Morgan fingerprint density at radius 1 is 1.28 bits per heavy atom. The molecule has 2 saturated carbocycles. The van der Waals surface area contributed by atoms with Crippen molar-refractivity contribution in [3.63, 3.8) is 0 Å². The molecule has 0 aromatic carbocycles. The average Bonchev–Trinajstić information content (AvgIpc) is 2.29. The van der Waals surface area contributed by atoms with Crippen LogP contribution in [-0.2, 0) is 9.53 Å². The van der Waals surface area contributed by atoms with Crippen LogP contribution >= 0.6 is 11.6 Å². The second-order valence-corrected chi connectivity index (χ2v) is 6.25. The third-order valence-electron chi connectivity index (χ3n) is 4.09. The summed E-state index contributed by atoms with van der Waals surface area (Å²) in [5.41, 5.74) is 0. The highest BCUT2D eigenvalue weighted by molar-refractivity contribution is 6.20. The van der Waals surface area contributed by atoms with E-state index >= 15 is 0 Å². The van der Waals surface area contributed by atoms with E-state index in [4.69, 9.17) is 16.3 Å². The molecule has 2 aliphatic carbocycles. The van der Waals surface area contributed by atoms with Gasteiger partial charge < -0.3 is 10.1 Å². The maximum Gasteiger partial charge on any atom is 0.220 e. The number of rotatable bonds is 5. The second-order valence-electron chi connectivity index (χ2n) is 5.64. The summed E-state index contributed by atoms with van der Waals surface area (Å²) < 4.78 is 5.50. The van der Waals surface area contributed by atoms with Crippen LogP contribution < -0.4 is 5.32 Å². The van der Waals surface area contributed by atoms with Crippen LogP contribution in [0.25, 0.3) is 0 Å². The van der Waals surface area contributed by atoms with Gasteiger partial charge in [-0.15, -0.1) is 11.6 Å². The first-order chi connectivity index (χ1) is 8.67. The molecule has 0 bridgehead atoms. The van der Waals surface area contributed by atoms with Crippen molar-refractivity contribution in [1.82, 2.24) is 5.32 Å². The first kappa shape index (κ1) is 14.1. The van der Waals surface area contributed by atoms with Crippen molar-refractivity contribution in [2.45, 2.75) is 69.4 Å². The van der Waals surface area contributed by atoms with Gasteiger partial charge in [0, 0.05) is 24.4 Å². The Balaban J connectivity index is 1.59. The molecule has 0 saturated heterocycles. The number of alkyl halides is 1. The summed E-state index contributed by atoms with van der Waals surface area (Å²) in [5, 5.41) is 3.46. The fourth-order valence-corrected chi connectivity index (χ4v) is 3.21. The number of carbonyl (C=O) groups excluding carboxylic acids is 1. The van der Waals surface area contributed by atoms with Crippen LogP contribution in [0, 0.1) is 5.92 Å². The van der Waals surface area contributed by atoms with Crippen molar-refractivity contribution in [3.8, 4) is 0 Å². The molecule has 1 amide bonds. The van der Waals surface area contributed by atoms with E-state index in [9.17, 15) is 4.79 Å². The van der Waals surface area contributed by atoms with E-state index in [0.29, 0.717) is 29.9 Å². The predicted octanol–water partition coefficient (Wildman–Crippen LogP) is 2.86. The third-order valence-corrected chi connectivity index (χ3v) is 4.53. The molecular formula is C14H24ClNO2. The lowest BCUT2D eigenvalue weighted by atomic mass is 9.79. The summed E-state index contributed by atoms with van der Waals surface area (Å²) in [5.74, 6) is 0.749. The average molecular weight is 274 g/mol. The Bertz CT molecular complexity index is 271. The molecule has 2 aliphatic rings. The lowest BCUT2D eigenvalue weighted by molar-refractivity contribution is -0.125. The van der Waals surface area contributed by atoms with Crippen LogP contribution in [0.15, 0.2) is 0 Å². The smallest absolute Gasteiger partial charge is 0.220 e. The lowest BCUT2D eigenvalue weighted by Crippen LogP contribution is -2.41. The number of amides is 1. The molecular weight excluding hydrogens is 250 g/mol. The highest BCUT2D eigenvalue weighted by Gasteiger charge is 2.31. The van der Waals surface area contributed by atoms with E-state index < -0.39 is 0 Å². The summed E-state index contributed by atoms with van der Waals surface area (Å²) in [6, 6.07) is 0.357. The van der Waals surface area contributed by atoms with E-state index in [1.54, 1.807) is 0 Å².